The number of amides is 1. The Morgan fingerprint density at radius 3 is 2.41 bits per heavy atom. The van der Waals surface area contributed by atoms with Crippen molar-refractivity contribution in [2.45, 2.75) is 39.3 Å². The van der Waals surface area contributed by atoms with E-state index in [1.165, 1.54) is 0 Å². The van der Waals surface area contributed by atoms with Crippen LogP contribution in [0, 0.1) is 0 Å². The lowest BCUT2D eigenvalue weighted by Gasteiger charge is -2.23. The van der Waals surface area contributed by atoms with Gasteiger partial charge in [-0.3, -0.25) is 4.79 Å². The smallest absolute Gasteiger partial charge is 0.237 e. The first-order valence-corrected chi connectivity index (χ1v) is 5.99. The van der Waals surface area contributed by atoms with E-state index >= 15 is 0 Å². The van der Waals surface area contributed by atoms with E-state index in [0.717, 1.165) is 0 Å². The zero-order valence-corrected chi connectivity index (χ0v) is 11.6. The number of hydrogen-bond acceptors (Lipinski definition) is 4. The number of methoxy groups -OCH3 is 1. The largest absolute Gasteiger partial charge is 0.382 e. The highest BCUT2D eigenvalue weighted by atomic mass is 16.5. The van der Waals surface area contributed by atoms with Crippen molar-refractivity contribution in [1.82, 2.24) is 10.6 Å². The molecule has 2 N–H and O–H groups in total. The van der Waals surface area contributed by atoms with E-state index in [4.69, 9.17) is 9.47 Å². The summed E-state index contributed by atoms with van der Waals surface area (Å²) in [6.45, 7) is 10.2. The molecule has 0 aliphatic rings. The normalized spacial score (nSPS) is 13.5. The molecule has 5 heteroatoms. The minimum Gasteiger partial charge on any atom is -0.382 e. The average molecular weight is 246 g/mol. The van der Waals surface area contributed by atoms with Crippen LogP contribution in [0.3, 0.4) is 0 Å². The van der Waals surface area contributed by atoms with E-state index < -0.39 is 0 Å². The SMILES string of the molecule is COCCOCCNC(C)C(=O)NC(C)(C)C. The van der Waals surface area contributed by atoms with E-state index in [0.29, 0.717) is 26.4 Å². The van der Waals surface area contributed by atoms with Gasteiger partial charge in [0.05, 0.1) is 25.9 Å². The molecule has 0 aromatic heterocycles. The number of nitrogens with one attached hydrogen (secondary N) is 2. The molecule has 0 aromatic carbocycles. The Bertz CT molecular complexity index is 214. The summed E-state index contributed by atoms with van der Waals surface area (Å²) in [7, 11) is 1.64. The average Bonchev–Trinajstić information content (AvgIpc) is 2.20. The summed E-state index contributed by atoms with van der Waals surface area (Å²) in [5, 5.41) is 6.02. The number of ether oxygens (including phenoxy) is 2. The zero-order valence-electron chi connectivity index (χ0n) is 11.6. The van der Waals surface area contributed by atoms with Crippen molar-refractivity contribution in [3.8, 4) is 0 Å². The molecule has 0 aliphatic heterocycles. The van der Waals surface area contributed by atoms with Crippen LogP contribution >= 0.6 is 0 Å². The third-order valence-corrected chi connectivity index (χ3v) is 2.02. The highest BCUT2D eigenvalue weighted by Gasteiger charge is 2.18. The maximum Gasteiger partial charge on any atom is 0.237 e. The fourth-order valence-electron chi connectivity index (χ4n) is 1.16. The van der Waals surface area contributed by atoms with E-state index in [2.05, 4.69) is 10.6 Å². The van der Waals surface area contributed by atoms with Crippen molar-refractivity contribution < 1.29 is 14.3 Å². The zero-order chi connectivity index (χ0) is 13.3. The molecule has 17 heavy (non-hydrogen) atoms. The van der Waals surface area contributed by atoms with E-state index in [1.807, 2.05) is 27.7 Å². The maximum atomic E-state index is 11.7. The van der Waals surface area contributed by atoms with Crippen molar-refractivity contribution in [3.05, 3.63) is 0 Å². The van der Waals surface area contributed by atoms with Gasteiger partial charge < -0.3 is 20.1 Å². The Morgan fingerprint density at radius 2 is 1.88 bits per heavy atom. The molecule has 5 nitrogen and oxygen atoms in total. The predicted octanol–water partition coefficient (Wildman–Crippen LogP) is 0.542. The van der Waals surface area contributed by atoms with E-state index in [9.17, 15) is 4.79 Å². The number of carbonyl (C=O) groups excluding carboxylic acids is 1. The number of rotatable bonds is 8. The Labute approximate surface area is 104 Å². The molecule has 0 spiro atoms. The quantitative estimate of drug-likeness (QED) is 0.614. The topological polar surface area (TPSA) is 59.6 Å². The van der Waals surface area contributed by atoms with Crippen molar-refractivity contribution in [3.63, 3.8) is 0 Å². The fraction of sp³-hybridized carbons (Fsp3) is 0.917. The van der Waals surface area contributed by atoms with Gasteiger partial charge in [0.15, 0.2) is 0 Å². The fourth-order valence-corrected chi connectivity index (χ4v) is 1.16. The Balaban J connectivity index is 3.58. The molecule has 0 bridgehead atoms. The summed E-state index contributed by atoms with van der Waals surface area (Å²) in [6.07, 6.45) is 0. The first-order chi connectivity index (χ1) is 7.87. The second kappa shape index (κ2) is 8.44. The molecule has 1 unspecified atom stereocenters. The van der Waals surface area contributed by atoms with Gasteiger partial charge in [0.1, 0.15) is 0 Å². The van der Waals surface area contributed by atoms with Gasteiger partial charge in [-0.2, -0.15) is 0 Å². The van der Waals surface area contributed by atoms with Crippen LogP contribution in [0.1, 0.15) is 27.7 Å². The molecule has 0 aromatic rings. The summed E-state index contributed by atoms with van der Waals surface area (Å²) in [5.41, 5.74) is -0.192. The third-order valence-electron chi connectivity index (χ3n) is 2.02. The van der Waals surface area contributed by atoms with Crippen LogP contribution < -0.4 is 10.6 Å². The second-order valence-electron chi connectivity index (χ2n) is 5.02. The molecule has 0 fully saturated rings. The van der Waals surface area contributed by atoms with Crippen molar-refractivity contribution in [2.75, 3.05) is 33.5 Å². The van der Waals surface area contributed by atoms with E-state index in [-0.39, 0.29) is 17.5 Å². The van der Waals surface area contributed by atoms with Crippen LogP contribution in [0.5, 0.6) is 0 Å². The summed E-state index contributed by atoms with van der Waals surface area (Å²) in [5.74, 6) is 0.00870. The highest BCUT2D eigenvalue weighted by Crippen LogP contribution is 1.99. The molecular weight excluding hydrogens is 220 g/mol. The van der Waals surface area contributed by atoms with Crippen molar-refractivity contribution in [2.24, 2.45) is 0 Å². The van der Waals surface area contributed by atoms with Gasteiger partial charge in [0.25, 0.3) is 0 Å². The molecule has 1 atom stereocenters. The highest BCUT2D eigenvalue weighted by molar-refractivity contribution is 5.81. The van der Waals surface area contributed by atoms with Crippen LogP contribution in [0.25, 0.3) is 0 Å². The lowest BCUT2D eigenvalue weighted by molar-refractivity contribution is -0.124. The molecule has 0 saturated carbocycles. The van der Waals surface area contributed by atoms with Gasteiger partial charge in [-0.05, 0) is 27.7 Å². The molecule has 0 radical (unpaired) electrons. The van der Waals surface area contributed by atoms with Crippen LogP contribution in [0.15, 0.2) is 0 Å². The molecule has 1 amide bonds. The van der Waals surface area contributed by atoms with Crippen LogP contribution in [0.2, 0.25) is 0 Å². The summed E-state index contributed by atoms with van der Waals surface area (Å²) < 4.78 is 10.1. The summed E-state index contributed by atoms with van der Waals surface area (Å²) in [6, 6.07) is -0.208. The molecule has 0 heterocycles. The lowest BCUT2D eigenvalue weighted by atomic mass is 10.1. The molecule has 0 rings (SSSR count). The van der Waals surface area contributed by atoms with Gasteiger partial charge in [-0.1, -0.05) is 0 Å². The molecule has 0 saturated heterocycles. The van der Waals surface area contributed by atoms with Gasteiger partial charge in [-0.25, -0.2) is 0 Å². The monoisotopic (exact) mass is 246 g/mol. The van der Waals surface area contributed by atoms with Crippen molar-refractivity contribution >= 4 is 5.91 Å². The first-order valence-electron chi connectivity index (χ1n) is 5.99. The van der Waals surface area contributed by atoms with Crippen LogP contribution in [0.4, 0.5) is 0 Å². The third kappa shape index (κ3) is 10.2. The minimum atomic E-state index is -0.208. The molecular formula is C12H26N2O3. The summed E-state index contributed by atoms with van der Waals surface area (Å²) >= 11 is 0. The predicted molar refractivity (Wildman–Crippen MR) is 68.1 cm³/mol. The van der Waals surface area contributed by atoms with Gasteiger partial charge >= 0.3 is 0 Å². The first kappa shape index (κ1) is 16.4. The lowest BCUT2D eigenvalue weighted by Crippen LogP contribution is -2.50. The molecule has 102 valence electrons. The van der Waals surface area contributed by atoms with Gasteiger partial charge in [0, 0.05) is 19.2 Å². The summed E-state index contributed by atoms with van der Waals surface area (Å²) in [4.78, 5) is 11.7. The Hall–Kier alpha value is -0.650. The van der Waals surface area contributed by atoms with Crippen LogP contribution in [-0.2, 0) is 14.3 Å². The second-order valence-corrected chi connectivity index (χ2v) is 5.02. The minimum absolute atomic E-state index is 0.00870. The Kier molecular flexibility index (Phi) is 8.12. The molecule has 0 aliphatic carbocycles. The van der Waals surface area contributed by atoms with Gasteiger partial charge in [0.2, 0.25) is 5.91 Å². The number of carbonyl (C=O) groups is 1. The maximum absolute atomic E-state index is 11.7. The van der Waals surface area contributed by atoms with Crippen LogP contribution in [-0.4, -0.2) is 51.0 Å². The van der Waals surface area contributed by atoms with E-state index in [1.54, 1.807) is 7.11 Å². The Morgan fingerprint density at radius 1 is 1.24 bits per heavy atom. The number of hydrogen-bond donors (Lipinski definition) is 2. The van der Waals surface area contributed by atoms with Gasteiger partial charge in [-0.15, -0.1) is 0 Å². The standard InChI is InChI=1S/C12H26N2O3/c1-10(11(15)14-12(2,3)4)13-6-7-17-9-8-16-5/h10,13H,6-9H2,1-5H3,(H,14,15). The van der Waals surface area contributed by atoms with Crippen molar-refractivity contribution in [1.29, 1.82) is 0 Å².